The van der Waals surface area contributed by atoms with E-state index in [4.69, 9.17) is 5.73 Å². The molecule has 0 aliphatic rings. The lowest BCUT2D eigenvalue weighted by atomic mass is 10.2. The van der Waals surface area contributed by atoms with Crippen LogP contribution in [0.2, 0.25) is 0 Å². The summed E-state index contributed by atoms with van der Waals surface area (Å²) in [5.74, 6) is -0.149. The Kier molecular flexibility index (Phi) is 4.78. The molecule has 2 aromatic rings. The minimum absolute atomic E-state index is 0.149. The van der Waals surface area contributed by atoms with Crippen LogP contribution < -0.4 is 5.73 Å². The minimum Gasteiger partial charge on any atom is -0.340 e. The van der Waals surface area contributed by atoms with E-state index < -0.39 is 0 Å². The molecule has 0 bridgehead atoms. The topological polar surface area (TPSA) is 89.9 Å². The van der Waals surface area contributed by atoms with Crippen molar-refractivity contribution in [2.24, 2.45) is 5.73 Å². The molecule has 0 aromatic carbocycles. The van der Waals surface area contributed by atoms with Gasteiger partial charge in [0.1, 0.15) is 0 Å². The minimum atomic E-state index is -0.149. The average Bonchev–Trinajstić information content (AvgIpc) is 2.94. The number of nitrogens with two attached hydrogens (primary N) is 1. The van der Waals surface area contributed by atoms with Gasteiger partial charge in [-0.25, -0.2) is 0 Å². The SMILES string of the molecule is CN(CCc1ccccn1)C(=O)c1cn(CCN)nn1. The molecule has 0 saturated heterocycles. The largest absolute Gasteiger partial charge is 0.340 e. The third-order valence-electron chi connectivity index (χ3n) is 2.89. The van der Waals surface area contributed by atoms with E-state index >= 15 is 0 Å². The molecule has 2 heterocycles. The van der Waals surface area contributed by atoms with Gasteiger partial charge in [0.05, 0.1) is 12.7 Å². The second kappa shape index (κ2) is 6.76. The number of carbonyl (C=O) groups excluding carboxylic acids is 1. The zero-order chi connectivity index (χ0) is 14.4. The highest BCUT2D eigenvalue weighted by atomic mass is 16.2. The summed E-state index contributed by atoms with van der Waals surface area (Å²) in [4.78, 5) is 18.0. The van der Waals surface area contributed by atoms with E-state index in [2.05, 4.69) is 15.3 Å². The fourth-order valence-electron chi connectivity index (χ4n) is 1.76. The molecule has 2 N–H and O–H groups in total. The van der Waals surface area contributed by atoms with Crippen molar-refractivity contribution in [1.29, 1.82) is 0 Å². The molecule has 20 heavy (non-hydrogen) atoms. The standard InChI is InChI=1S/C13H18N6O/c1-18(8-5-11-4-2-3-7-15-11)13(20)12-10-19(9-6-14)17-16-12/h2-4,7,10H,5-6,8-9,14H2,1H3. The van der Waals surface area contributed by atoms with E-state index in [-0.39, 0.29) is 5.91 Å². The van der Waals surface area contributed by atoms with Gasteiger partial charge in [0.25, 0.3) is 5.91 Å². The lowest BCUT2D eigenvalue weighted by Gasteiger charge is -2.15. The Bertz CT molecular complexity index is 553. The number of likely N-dealkylation sites (N-methyl/N-ethyl adjacent to an activating group) is 1. The highest BCUT2D eigenvalue weighted by Crippen LogP contribution is 2.02. The predicted octanol–water partition coefficient (Wildman–Crippen LogP) is -0.0535. The molecule has 0 atom stereocenters. The highest BCUT2D eigenvalue weighted by molar-refractivity contribution is 5.91. The van der Waals surface area contributed by atoms with Crippen molar-refractivity contribution in [3.8, 4) is 0 Å². The quantitative estimate of drug-likeness (QED) is 0.797. The molecule has 2 rings (SSSR count). The Hall–Kier alpha value is -2.28. The molecule has 1 amide bonds. The molecule has 0 spiro atoms. The summed E-state index contributed by atoms with van der Waals surface area (Å²) in [7, 11) is 1.74. The molecule has 7 nitrogen and oxygen atoms in total. The van der Waals surface area contributed by atoms with Crippen LogP contribution in [0.15, 0.2) is 30.6 Å². The van der Waals surface area contributed by atoms with E-state index in [0.717, 1.165) is 5.69 Å². The van der Waals surface area contributed by atoms with Gasteiger partial charge in [-0.1, -0.05) is 11.3 Å². The monoisotopic (exact) mass is 274 g/mol. The smallest absolute Gasteiger partial charge is 0.275 e. The molecule has 7 heteroatoms. The number of hydrogen-bond acceptors (Lipinski definition) is 5. The summed E-state index contributed by atoms with van der Waals surface area (Å²) in [5, 5.41) is 7.72. The third-order valence-corrected chi connectivity index (χ3v) is 2.89. The summed E-state index contributed by atoms with van der Waals surface area (Å²) in [6, 6.07) is 5.74. The number of pyridine rings is 1. The van der Waals surface area contributed by atoms with Gasteiger partial charge in [0.15, 0.2) is 5.69 Å². The van der Waals surface area contributed by atoms with Gasteiger partial charge in [-0.2, -0.15) is 0 Å². The lowest BCUT2D eigenvalue weighted by molar-refractivity contribution is 0.0790. The fraction of sp³-hybridized carbons (Fsp3) is 0.385. The van der Waals surface area contributed by atoms with Crippen LogP contribution in [-0.4, -0.2) is 50.9 Å². The van der Waals surface area contributed by atoms with Crippen LogP contribution in [0.1, 0.15) is 16.2 Å². The molecule has 0 aliphatic heterocycles. The van der Waals surface area contributed by atoms with E-state index in [1.807, 2.05) is 18.2 Å². The van der Waals surface area contributed by atoms with Crippen molar-refractivity contribution < 1.29 is 4.79 Å². The van der Waals surface area contributed by atoms with Crippen molar-refractivity contribution >= 4 is 5.91 Å². The number of hydrogen-bond donors (Lipinski definition) is 1. The van der Waals surface area contributed by atoms with Crippen LogP contribution in [0.5, 0.6) is 0 Å². The Labute approximate surface area is 117 Å². The van der Waals surface area contributed by atoms with Gasteiger partial charge in [-0.15, -0.1) is 5.10 Å². The molecule has 0 fully saturated rings. The average molecular weight is 274 g/mol. The summed E-state index contributed by atoms with van der Waals surface area (Å²) in [6.45, 7) is 1.60. The van der Waals surface area contributed by atoms with Crippen LogP contribution >= 0.6 is 0 Å². The number of nitrogens with zero attached hydrogens (tertiary/aromatic N) is 5. The number of aromatic nitrogens is 4. The maximum absolute atomic E-state index is 12.1. The van der Waals surface area contributed by atoms with E-state index in [9.17, 15) is 4.79 Å². The molecular weight excluding hydrogens is 256 g/mol. The Morgan fingerprint density at radius 3 is 3.00 bits per heavy atom. The van der Waals surface area contributed by atoms with Gasteiger partial charge in [0, 0.05) is 38.4 Å². The second-order valence-electron chi connectivity index (χ2n) is 4.45. The normalized spacial score (nSPS) is 10.5. The molecule has 0 aliphatic carbocycles. The van der Waals surface area contributed by atoms with Crippen LogP contribution in [0, 0.1) is 0 Å². The Morgan fingerprint density at radius 1 is 1.45 bits per heavy atom. The fourth-order valence-corrected chi connectivity index (χ4v) is 1.76. The number of carbonyl (C=O) groups is 1. The summed E-state index contributed by atoms with van der Waals surface area (Å²) in [6.07, 6.45) is 4.07. The molecule has 0 radical (unpaired) electrons. The molecular formula is C13H18N6O. The molecule has 0 unspecified atom stereocenters. The predicted molar refractivity (Wildman–Crippen MR) is 74.0 cm³/mol. The van der Waals surface area contributed by atoms with Crippen LogP contribution in [0.25, 0.3) is 0 Å². The maximum Gasteiger partial charge on any atom is 0.275 e. The first kappa shape index (κ1) is 14.1. The van der Waals surface area contributed by atoms with Crippen LogP contribution in [-0.2, 0) is 13.0 Å². The summed E-state index contributed by atoms with van der Waals surface area (Å²) >= 11 is 0. The zero-order valence-corrected chi connectivity index (χ0v) is 11.4. The third kappa shape index (κ3) is 3.61. The molecule has 0 saturated carbocycles. The van der Waals surface area contributed by atoms with Gasteiger partial charge < -0.3 is 10.6 Å². The Morgan fingerprint density at radius 2 is 2.30 bits per heavy atom. The van der Waals surface area contributed by atoms with Gasteiger partial charge >= 0.3 is 0 Å². The van der Waals surface area contributed by atoms with Crippen molar-refractivity contribution in [2.45, 2.75) is 13.0 Å². The molecule has 2 aromatic heterocycles. The first-order valence-corrected chi connectivity index (χ1v) is 6.46. The number of amides is 1. The van der Waals surface area contributed by atoms with Crippen molar-refractivity contribution in [3.05, 3.63) is 42.0 Å². The van der Waals surface area contributed by atoms with Gasteiger partial charge in [-0.05, 0) is 12.1 Å². The number of rotatable bonds is 6. The maximum atomic E-state index is 12.1. The van der Waals surface area contributed by atoms with E-state index in [1.165, 1.54) is 0 Å². The van der Waals surface area contributed by atoms with Crippen LogP contribution in [0.4, 0.5) is 0 Å². The first-order chi connectivity index (χ1) is 9.70. The van der Waals surface area contributed by atoms with Crippen molar-refractivity contribution in [3.63, 3.8) is 0 Å². The lowest BCUT2D eigenvalue weighted by Crippen LogP contribution is -2.29. The summed E-state index contributed by atoms with van der Waals surface area (Å²) < 4.78 is 1.57. The molecule has 106 valence electrons. The Balaban J connectivity index is 1.91. The van der Waals surface area contributed by atoms with Crippen LogP contribution in [0.3, 0.4) is 0 Å². The highest BCUT2D eigenvalue weighted by Gasteiger charge is 2.15. The van der Waals surface area contributed by atoms with Crippen molar-refractivity contribution in [1.82, 2.24) is 24.9 Å². The second-order valence-corrected chi connectivity index (χ2v) is 4.45. The van der Waals surface area contributed by atoms with Gasteiger partial charge in [-0.3, -0.25) is 14.5 Å². The summed E-state index contributed by atoms with van der Waals surface area (Å²) in [5.41, 5.74) is 6.72. The first-order valence-electron chi connectivity index (χ1n) is 6.46. The van der Waals surface area contributed by atoms with Gasteiger partial charge in [0.2, 0.25) is 0 Å². The van der Waals surface area contributed by atoms with Crippen molar-refractivity contribution in [2.75, 3.05) is 20.1 Å². The van der Waals surface area contributed by atoms with E-state index in [0.29, 0.717) is 31.7 Å². The zero-order valence-electron chi connectivity index (χ0n) is 11.4. The van der Waals surface area contributed by atoms with E-state index in [1.54, 1.807) is 29.0 Å².